The Kier molecular flexibility index (Phi) is 7.98. The number of aliphatic carboxylic acids is 1. The normalized spacial score (nSPS) is 17.3. The lowest BCUT2D eigenvalue weighted by Crippen LogP contribution is -2.32. The lowest BCUT2D eigenvalue weighted by molar-refractivity contribution is -0.137. The van der Waals surface area contributed by atoms with E-state index >= 15 is 0 Å². The summed E-state index contributed by atoms with van der Waals surface area (Å²) in [5.74, 6) is -0.608. The van der Waals surface area contributed by atoms with Gasteiger partial charge in [-0.2, -0.15) is 0 Å². The van der Waals surface area contributed by atoms with E-state index in [0.717, 1.165) is 39.2 Å². The molecule has 1 aliphatic carbocycles. The number of benzene rings is 2. The molecule has 2 N–H and O–H groups in total. The number of nitrogens with zero attached hydrogens (tertiary/aromatic N) is 1. The van der Waals surface area contributed by atoms with Crippen molar-refractivity contribution in [3.8, 4) is 11.1 Å². The molecule has 1 amide bonds. The number of halogens is 1. The first-order valence-electron chi connectivity index (χ1n) is 12.0. The number of carbonyl (C=O) groups is 2. The summed E-state index contributed by atoms with van der Waals surface area (Å²) in [7, 11) is 0. The van der Waals surface area contributed by atoms with Crippen LogP contribution in [0.5, 0.6) is 0 Å². The van der Waals surface area contributed by atoms with Gasteiger partial charge in [0.05, 0.1) is 5.52 Å². The van der Waals surface area contributed by atoms with Crippen molar-refractivity contribution in [1.29, 1.82) is 0 Å². The molecule has 0 spiro atoms. The topological polar surface area (TPSA) is 79.3 Å². The predicted molar refractivity (Wildman–Crippen MR) is 140 cm³/mol. The summed E-state index contributed by atoms with van der Waals surface area (Å²) < 4.78 is 0. The van der Waals surface area contributed by atoms with Gasteiger partial charge in [0, 0.05) is 46.1 Å². The molecule has 0 radical (unpaired) electrons. The van der Waals surface area contributed by atoms with Crippen LogP contribution in [-0.2, 0) is 11.2 Å². The van der Waals surface area contributed by atoms with Crippen LogP contribution in [0.1, 0.15) is 42.2 Å². The Hall–Kier alpha value is -3.44. The predicted octanol–water partition coefficient (Wildman–Crippen LogP) is 6.37. The highest BCUT2D eigenvalue weighted by Gasteiger charge is 2.21. The van der Waals surface area contributed by atoms with Gasteiger partial charge in [0.2, 0.25) is 0 Å². The summed E-state index contributed by atoms with van der Waals surface area (Å²) >= 11 is 6.25. The third-order valence-corrected chi connectivity index (χ3v) is 6.96. The highest BCUT2D eigenvalue weighted by molar-refractivity contribution is 6.30. The Labute approximate surface area is 210 Å². The molecule has 0 fully saturated rings. The van der Waals surface area contributed by atoms with Crippen molar-refractivity contribution in [2.75, 3.05) is 6.54 Å². The van der Waals surface area contributed by atoms with E-state index in [1.54, 1.807) is 0 Å². The first kappa shape index (κ1) is 24.7. The number of carboxylic acid groups (broad SMARTS) is 1. The Morgan fingerprint density at radius 2 is 1.89 bits per heavy atom. The second-order valence-electron chi connectivity index (χ2n) is 8.96. The average molecular weight is 489 g/mol. The number of carbonyl (C=O) groups excluding carboxylic acids is 1. The number of hydrogen-bond donors (Lipinski definition) is 2. The first-order valence-corrected chi connectivity index (χ1v) is 12.3. The molecule has 35 heavy (non-hydrogen) atoms. The van der Waals surface area contributed by atoms with Crippen LogP contribution >= 0.6 is 11.6 Å². The molecule has 1 heterocycles. The van der Waals surface area contributed by atoms with E-state index in [4.69, 9.17) is 21.7 Å². The molecule has 180 valence electrons. The molecular weight excluding hydrogens is 460 g/mol. The van der Waals surface area contributed by atoms with Gasteiger partial charge in [0.15, 0.2) is 0 Å². The number of rotatable bonds is 9. The van der Waals surface area contributed by atoms with E-state index in [1.165, 1.54) is 0 Å². The van der Waals surface area contributed by atoms with Crippen LogP contribution in [0.3, 0.4) is 0 Å². The summed E-state index contributed by atoms with van der Waals surface area (Å²) in [5.41, 5.74) is 4.33. The van der Waals surface area contributed by atoms with Gasteiger partial charge in [-0.25, -0.2) is 0 Å². The maximum atomic E-state index is 12.9. The number of fused-ring (bicyclic) bond motifs is 1. The van der Waals surface area contributed by atoms with Crippen LogP contribution in [0.25, 0.3) is 22.0 Å². The van der Waals surface area contributed by atoms with Crippen LogP contribution in [0.15, 0.2) is 77.9 Å². The van der Waals surface area contributed by atoms with Crippen LogP contribution in [0.4, 0.5) is 0 Å². The van der Waals surface area contributed by atoms with Crippen LogP contribution in [0.2, 0.25) is 0 Å². The molecule has 0 saturated carbocycles. The van der Waals surface area contributed by atoms with Gasteiger partial charge in [-0.1, -0.05) is 67.1 Å². The molecular formula is C29H29ClN2O3. The number of unbranched alkanes of at least 4 members (excludes halogenated alkanes) is 1. The highest BCUT2D eigenvalue weighted by Crippen LogP contribution is 2.29. The monoisotopic (exact) mass is 488 g/mol. The van der Waals surface area contributed by atoms with Crippen molar-refractivity contribution in [3.05, 3.63) is 89.1 Å². The molecule has 0 saturated heterocycles. The molecule has 2 unspecified atom stereocenters. The minimum Gasteiger partial charge on any atom is -0.481 e. The Morgan fingerprint density at radius 3 is 2.66 bits per heavy atom. The van der Waals surface area contributed by atoms with E-state index in [2.05, 4.69) is 24.4 Å². The van der Waals surface area contributed by atoms with Gasteiger partial charge < -0.3 is 10.4 Å². The number of allylic oxidation sites excluding steroid dienone is 3. The van der Waals surface area contributed by atoms with E-state index in [0.29, 0.717) is 24.9 Å². The largest absolute Gasteiger partial charge is 0.481 e. The smallest absolute Gasteiger partial charge is 0.303 e. The summed E-state index contributed by atoms with van der Waals surface area (Å²) in [5, 5.41) is 13.7. The van der Waals surface area contributed by atoms with Crippen LogP contribution in [-0.4, -0.2) is 28.5 Å². The lowest BCUT2D eigenvalue weighted by atomic mass is 9.89. The lowest BCUT2D eigenvalue weighted by Gasteiger charge is -2.23. The number of carboxylic acids is 1. The van der Waals surface area contributed by atoms with Crippen molar-refractivity contribution in [2.24, 2.45) is 11.8 Å². The number of aryl methyl sites for hydroxylation is 1. The third kappa shape index (κ3) is 6.17. The third-order valence-electron chi connectivity index (χ3n) is 6.49. The van der Waals surface area contributed by atoms with Gasteiger partial charge in [0.25, 0.3) is 5.91 Å². The van der Waals surface area contributed by atoms with E-state index in [1.807, 2.05) is 60.7 Å². The molecule has 1 aliphatic rings. The van der Waals surface area contributed by atoms with Crippen molar-refractivity contribution >= 4 is 34.4 Å². The zero-order valence-electron chi connectivity index (χ0n) is 19.7. The maximum Gasteiger partial charge on any atom is 0.303 e. The molecule has 5 nitrogen and oxygen atoms in total. The number of nitrogens with one attached hydrogen (secondary N) is 1. The van der Waals surface area contributed by atoms with Gasteiger partial charge in [-0.05, 0) is 55.0 Å². The summed E-state index contributed by atoms with van der Waals surface area (Å²) in [4.78, 5) is 28.7. The van der Waals surface area contributed by atoms with Crippen molar-refractivity contribution in [2.45, 2.75) is 32.6 Å². The zero-order chi connectivity index (χ0) is 24.8. The highest BCUT2D eigenvalue weighted by atomic mass is 35.5. The summed E-state index contributed by atoms with van der Waals surface area (Å²) in [6, 6.07) is 17.7. The fourth-order valence-electron chi connectivity index (χ4n) is 4.35. The number of aromatic nitrogens is 1. The van der Waals surface area contributed by atoms with E-state index in [-0.39, 0.29) is 24.2 Å². The van der Waals surface area contributed by atoms with Crippen LogP contribution < -0.4 is 5.32 Å². The van der Waals surface area contributed by atoms with Gasteiger partial charge in [-0.3, -0.25) is 14.6 Å². The molecule has 3 aromatic rings. The number of pyridine rings is 1. The molecule has 0 aliphatic heterocycles. The van der Waals surface area contributed by atoms with Gasteiger partial charge in [0.1, 0.15) is 0 Å². The minimum atomic E-state index is -0.785. The minimum absolute atomic E-state index is 0.143. The maximum absolute atomic E-state index is 12.9. The summed E-state index contributed by atoms with van der Waals surface area (Å²) in [6.07, 6.45) is 8.04. The van der Waals surface area contributed by atoms with E-state index in [9.17, 15) is 9.59 Å². The molecule has 2 atom stereocenters. The fourth-order valence-corrected chi connectivity index (χ4v) is 4.58. The number of amides is 1. The Morgan fingerprint density at radius 1 is 1.09 bits per heavy atom. The standard InChI is InChI=1S/C29H29ClN2O3/c1-19-23(10-7-11-25(19)30)18-31-29(35)22-15-14-21-16-24(20-8-3-2-4-9-20)26(32-27(21)17-22)12-5-6-13-28(33)34/h2-4,7-11,14-17,19,23H,5-6,12-13,18H2,1H3,(H,31,35)(H,33,34). The molecule has 2 aromatic carbocycles. The van der Waals surface area contributed by atoms with Crippen LogP contribution in [0, 0.1) is 11.8 Å². The van der Waals surface area contributed by atoms with E-state index < -0.39 is 5.97 Å². The zero-order valence-corrected chi connectivity index (χ0v) is 20.5. The molecule has 0 bridgehead atoms. The summed E-state index contributed by atoms with van der Waals surface area (Å²) in [6.45, 7) is 2.56. The van der Waals surface area contributed by atoms with Crippen molar-refractivity contribution in [3.63, 3.8) is 0 Å². The fraction of sp³-hybridized carbons (Fsp3) is 0.276. The first-order chi connectivity index (χ1) is 16.9. The Bertz CT molecular complexity index is 1280. The molecule has 1 aromatic heterocycles. The van der Waals surface area contributed by atoms with Gasteiger partial charge >= 0.3 is 5.97 Å². The Balaban J connectivity index is 1.56. The number of hydrogen-bond acceptors (Lipinski definition) is 3. The van der Waals surface area contributed by atoms with Crippen molar-refractivity contribution < 1.29 is 14.7 Å². The van der Waals surface area contributed by atoms with Gasteiger partial charge in [-0.15, -0.1) is 0 Å². The second-order valence-corrected chi connectivity index (χ2v) is 9.39. The average Bonchev–Trinajstić information content (AvgIpc) is 2.87. The van der Waals surface area contributed by atoms with Crippen molar-refractivity contribution in [1.82, 2.24) is 10.3 Å². The SMILES string of the molecule is CC1C(Cl)=CC=CC1CNC(=O)c1ccc2cc(-c3ccccc3)c(CCCCC(=O)O)nc2c1. The quantitative estimate of drug-likeness (QED) is 0.343. The molecule has 6 heteroatoms. The second kappa shape index (κ2) is 11.3. The molecule has 4 rings (SSSR count).